The first-order chi connectivity index (χ1) is 13.9. The molecule has 0 saturated heterocycles. The Labute approximate surface area is 171 Å². The quantitative estimate of drug-likeness (QED) is 0.537. The highest BCUT2D eigenvalue weighted by Gasteiger charge is 2.12. The van der Waals surface area contributed by atoms with E-state index < -0.39 is 5.76 Å². The third-order valence-corrected chi connectivity index (χ3v) is 4.83. The van der Waals surface area contributed by atoms with Gasteiger partial charge in [0.05, 0.1) is 16.9 Å². The van der Waals surface area contributed by atoms with E-state index in [0.717, 1.165) is 17.1 Å². The summed E-state index contributed by atoms with van der Waals surface area (Å²) >= 11 is 5.92. The summed E-state index contributed by atoms with van der Waals surface area (Å²) in [5.41, 5.74) is 4.60. The number of aromatic nitrogens is 3. The number of oxazole rings is 1. The van der Waals surface area contributed by atoms with E-state index in [1.807, 2.05) is 48.9 Å². The topological polar surface area (TPSA) is 82.1 Å². The number of anilines is 1. The molecule has 0 aliphatic heterocycles. The SMILES string of the molecule is Cc1cc(C)n(-c2ccc(NC(=O)CCn3c(=O)oc4cc(Cl)ccc43)cc2)n1. The van der Waals surface area contributed by atoms with Gasteiger partial charge in [0.15, 0.2) is 5.58 Å². The van der Waals surface area contributed by atoms with Crippen molar-refractivity contribution < 1.29 is 9.21 Å². The van der Waals surface area contributed by atoms with Gasteiger partial charge >= 0.3 is 5.76 Å². The predicted octanol–water partition coefficient (Wildman–Crippen LogP) is 4.08. The number of rotatable bonds is 5. The summed E-state index contributed by atoms with van der Waals surface area (Å²) in [4.78, 5) is 24.4. The van der Waals surface area contributed by atoms with Gasteiger partial charge in [-0.1, -0.05) is 11.6 Å². The van der Waals surface area contributed by atoms with Gasteiger partial charge in [-0.2, -0.15) is 5.10 Å². The van der Waals surface area contributed by atoms with Crippen LogP contribution in [0.1, 0.15) is 17.8 Å². The molecule has 0 saturated carbocycles. The second-order valence-electron chi connectivity index (χ2n) is 6.82. The number of halogens is 1. The van der Waals surface area contributed by atoms with Crippen LogP contribution in [0.25, 0.3) is 16.8 Å². The van der Waals surface area contributed by atoms with Crippen LogP contribution in [0.5, 0.6) is 0 Å². The average molecular weight is 411 g/mol. The van der Waals surface area contributed by atoms with Crippen LogP contribution in [0.15, 0.2) is 57.7 Å². The number of hydrogen-bond donors (Lipinski definition) is 1. The smallest absolute Gasteiger partial charge is 0.408 e. The zero-order chi connectivity index (χ0) is 20.5. The van der Waals surface area contributed by atoms with Crippen molar-refractivity contribution in [2.45, 2.75) is 26.8 Å². The molecule has 2 aromatic heterocycles. The maximum Gasteiger partial charge on any atom is 0.419 e. The van der Waals surface area contributed by atoms with Gasteiger partial charge in [0, 0.05) is 35.4 Å². The third-order valence-electron chi connectivity index (χ3n) is 4.60. The Balaban J connectivity index is 1.42. The summed E-state index contributed by atoms with van der Waals surface area (Å²) in [6, 6.07) is 14.4. The molecule has 4 rings (SSSR count). The Kier molecular flexibility index (Phi) is 4.98. The molecule has 2 aromatic carbocycles. The maximum absolute atomic E-state index is 12.3. The van der Waals surface area contributed by atoms with E-state index in [9.17, 15) is 9.59 Å². The number of amides is 1. The van der Waals surface area contributed by atoms with E-state index in [1.165, 1.54) is 4.57 Å². The average Bonchev–Trinajstić information content (AvgIpc) is 3.17. The molecule has 4 aromatic rings. The molecule has 0 aliphatic rings. The van der Waals surface area contributed by atoms with Crippen LogP contribution in [0.2, 0.25) is 5.02 Å². The van der Waals surface area contributed by atoms with Crippen molar-refractivity contribution in [2.75, 3.05) is 5.32 Å². The molecule has 29 heavy (non-hydrogen) atoms. The fourth-order valence-electron chi connectivity index (χ4n) is 3.27. The van der Waals surface area contributed by atoms with Gasteiger partial charge in [0.2, 0.25) is 5.91 Å². The van der Waals surface area contributed by atoms with E-state index in [-0.39, 0.29) is 18.9 Å². The molecule has 148 valence electrons. The molecule has 0 spiro atoms. The zero-order valence-electron chi connectivity index (χ0n) is 16.0. The summed E-state index contributed by atoms with van der Waals surface area (Å²) < 4.78 is 8.46. The first kappa shape index (κ1) is 19.0. The van der Waals surface area contributed by atoms with Crippen molar-refractivity contribution in [1.82, 2.24) is 14.3 Å². The summed E-state index contributed by atoms with van der Waals surface area (Å²) in [7, 11) is 0. The van der Waals surface area contributed by atoms with Crippen molar-refractivity contribution in [3.8, 4) is 5.69 Å². The van der Waals surface area contributed by atoms with E-state index in [1.54, 1.807) is 18.2 Å². The predicted molar refractivity (Wildman–Crippen MR) is 112 cm³/mol. The van der Waals surface area contributed by atoms with Crippen molar-refractivity contribution in [3.05, 3.63) is 75.5 Å². The lowest BCUT2D eigenvalue weighted by Gasteiger charge is -2.08. The fourth-order valence-corrected chi connectivity index (χ4v) is 3.43. The van der Waals surface area contributed by atoms with Crippen LogP contribution in [-0.2, 0) is 11.3 Å². The monoisotopic (exact) mass is 410 g/mol. The van der Waals surface area contributed by atoms with Gasteiger partial charge in [-0.05, 0) is 56.3 Å². The van der Waals surface area contributed by atoms with Gasteiger partial charge in [-0.3, -0.25) is 9.36 Å². The second-order valence-corrected chi connectivity index (χ2v) is 7.25. The number of nitrogens with zero attached hydrogens (tertiary/aromatic N) is 3. The molecule has 7 nitrogen and oxygen atoms in total. The van der Waals surface area contributed by atoms with Gasteiger partial charge in [0.1, 0.15) is 0 Å². The summed E-state index contributed by atoms with van der Waals surface area (Å²) in [6.07, 6.45) is 0.135. The van der Waals surface area contributed by atoms with Crippen molar-refractivity contribution in [3.63, 3.8) is 0 Å². The molecule has 0 bridgehead atoms. The normalized spacial score (nSPS) is 11.1. The van der Waals surface area contributed by atoms with Gasteiger partial charge in [0.25, 0.3) is 0 Å². The lowest BCUT2D eigenvalue weighted by Crippen LogP contribution is -2.19. The van der Waals surface area contributed by atoms with E-state index in [2.05, 4.69) is 10.4 Å². The Hall–Kier alpha value is -3.32. The van der Waals surface area contributed by atoms with Crippen LogP contribution in [-0.4, -0.2) is 20.3 Å². The molecule has 0 fully saturated rings. The minimum absolute atomic E-state index is 0.135. The minimum atomic E-state index is -0.510. The molecule has 1 N–H and O–H groups in total. The first-order valence-corrected chi connectivity index (χ1v) is 9.51. The number of carbonyl (C=O) groups is 1. The number of fused-ring (bicyclic) bond motifs is 1. The fraction of sp³-hybridized carbons (Fsp3) is 0.190. The van der Waals surface area contributed by atoms with Crippen LogP contribution < -0.4 is 11.1 Å². The number of aryl methyl sites for hydroxylation is 3. The molecule has 2 heterocycles. The van der Waals surface area contributed by atoms with Gasteiger partial charge in [-0.15, -0.1) is 0 Å². The van der Waals surface area contributed by atoms with E-state index in [0.29, 0.717) is 21.8 Å². The molecular weight excluding hydrogens is 392 g/mol. The van der Waals surface area contributed by atoms with Crippen LogP contribution in [0.4, 0.5) is 5.69 Å². The zero-order valence-corrected chi connectivity index (χ0v) is 16.7. The maximum atomic E-state index is 12.3. The molecule has 0 atom stereocenters. The lowest BCUT2D eigenvalue weighted by atomic mass is 10.2. The van der Waals surface area contributed by atoms with E-state index >= 15 is 0 Å². The number of carbonyl (C=O) groups excluding carboxylic acids is 1. The van der Waals surface area contributed by atoms with E-state index in [4.69, 9.17) is 16.0 Å². The standard InChI is InChI=1S/C21H19ClN4O3/c1-13-11-14(2)26(24-13)17-6-4-16(5-7-17)23-20(27)9-10-25-18-8-3-15(22)12-19(18)29-21(25)28/h3-8,11-12H,9-10H2,1-2H3,(H,23,27). The van der Waals surface area contributed by atoms with Gasteiger partial charge < -0.3 is 9.73 Å². The molecule has 0 aliphatic carbocycles. The van der Waals surface area contributed by atoms with Crippen molar-refractivity contribution in [2.24, 2.45) is 0 Å². The lowest BCUT2D eigenvalue weighted by molar-refractivity contribution is -0.116. The Morgan fingerprint density at radius 3 is 2.59 bits per heavy atom. The Morgan fingerprint density at radius 1 is 1.14 bits per heavy atom. The number of benzene rings is 2. The third kappa shape index (κ3) is 3.95. The van der Waals surface area contributed by atoms with Crippen molar-refractivity contribution in [1.29, 1.82) is 0 Å². The minimum Gasteiger partial charge on any atom is -0.408 e. The largest absolute Gasteiger partial charge is 0.419 e. The van der Waals surface area contributed by atoms with Crippen LogP contribution in [0.3, 0.4) is 0 Å². The molecular formula is C21H19ClN4O3. The van der Waals surface area contributed by atoms with Crippen LogP contribution in [0, 0.1) is 13.8 Å². The Bertz CT molecular complexity index is 1250. The van der Waals surface area contributed by atoms with Crippen LogP contribution >= 0.6 is 11.6 Å². The summed E-state index contributed by atoms with van der Waals surface area (Å²) in [5, 5.41) is 7.78. The second kappa shape index (κ2) is 7.60. The number of hydrogen-bond acceptors (Lipinski definition) is 4. The van der Waals surface area contributed by atoms with Crippen molar-refractivity contribution >= 4 is 34.3 Å². The summed E-state index contributed by atoms with van der Waals surface area (Å²) in [5.74, 6) is -0.705. The highest BCUT2D eigenvalue weighted by atomic mass is 35.5. The Morgan fingerprint density at radius 2 is 1.90 bits per heavy atom. The number of nitrogens with one attached hydrogen (secondary N) is 1. The summed E-state index contributed by atoms with van der Waals surface area (Å²) in [6.45, 7) is 4.15. The molecule has 1 amide bonds. The highest BCUT2D eigenvalue weighted by molar-refractivity contribution is 6.31. The highest BCUT2D eigenvalue weighted by Crippen LogP contribution is 2.19. The molecule has 0 radical (unpaired) electrons. The first-order valence-electron chi connectivity index (χ1n) is 9.13. The molecule has 0 unspecified atom stereocenters. The molecule has 8 heteroatoms. The van der Waals surface area contributed by atoms with Gasteiger partial charge in [-0.25, -0.2) is 9.48 Å².